The zero-order chi connectivity index (χ0) is 11.9. The summed E-state index contributed by atoms with van der Waals surface area (Å²) in [4.78, 5) is 2.62. The molecule has 0 aromatic carbocycles. The van der Waals surface area contributed by atoms with E-state index < -0.39 is 0 Å². The summed E-state index contributed by atoms with van der Waals surface area (Å²) >= 11 is 0. The normalized spacial score (nSPS) is 28.0. The fourth-order valence-electron chi connectivity index (χ4n) is 2.67. The van der Waals surface area contributed by atoms with Crippen LogP contribution < -0.4 is 0 Å². The molecule has 92 valence electrons. The summed E-state index contributed by atoms with van der Waals surface area (Å²) in [6, 6.07) is 0. The molecule has 1 heterocycles. The van der Waals surface area contributed by atoms with Crippen LogP contribution >= 0.6 is 0 Å². The van der Waals surface area contributed by atoms with E-state index in [1.54, 1.807) is 0 Å². The predicted octanol–water partition coefficient (Wildman–Crippen LogP) is 4.32. The van der Waals surface area contributed by atoms with Crippen LogP contribution in [0.1, 0.15) is 66.7 Å². The maximum absolute atomic E-state index is 2.62. The van der Waals surface area contributed by atoms with Gasteiger partial charge in [-0.25, -0.2) is 0 Å². The zero-order valence-corrected chi connectivity index (χ0v) is 11.8. The summed E-state index contributed by atoms with van der Waals surface area (Å²) in [6.07, 6.45) is 7.33. The van der Waals surface area contributed by atoms with E-state index >= 15 is 0 Å². The Hall–Kier alpha value is -0.0400. The predicted molar refractivity (Wildman–Crippen MR) is 70.3 cm³/mol. The lowest BCUT2D eigenvalue weighted by atomic mass is 9.69. The number of hydrogen-bond donors (Lipinski definition) is 0. The Kier molecular flexibility index (Phi) is 7.25. The van der Waals surface area contributed by atoms with Gasteiger partial charge in [0.2, 0.25) is 0 Å². The van der Waals surface area contributed by atoms with Crippen molar-refractivity contribution in [1.82, 2.24) is 4.90 Å². The molecule has 2 aliphatic rings. The highest BCUT2D eigenvalue weighted by atomic mass is 15.2. The van der Waals surface area contributed by atoms with Crippen molar-refractivity contribution < 1.29 is 0 Å². The molecule has 1 spiro atoms. The molecule has 0 amide bonds. The van der Waals surface area contributed by atoms with Crippen molar-refractivity contribution in [3.05, 3.63) is 0 Å². The molecule has 2 rings (SSSR count). The summed E-state index contributed by atoms with van der Waals surface area (Å²) in [5.41, 5.74) is 0.673. The van der Waals surface area contributed by atoms with E-state index in [0.717, 1.165) is 5.92 Å². The highest BCUT2D eigenvalue weighted by Crippen LogP contribution is 2.44. The van der Waals surface area contributed by atoms with Gasteiger partial charge in [-0.3, -0.25) is 0 Å². The van der Waals surface area contributed by atoms with Gasteiger partial charge in [-0.2, -0.15) is 0 Å². The van der Waals surface area contributed by atoms with Crippen LogP contribution in [0.15, 0.2) is 0 Å². The van der Waals surface area contributed by atoms with Crippen molar-refractivity contribution in [3.63, 3.8) is 0 Å². The summed E-state index contributed by atoms with van der Waals surface area (Å²) in [5, 5.41) is 0. The average molecular weight is 213 g/mol. The molecule has 0 aromatic heterocycles. The third-order valence-electron chi connectivity index (χ3n) is 3.78. The van der Waals surface area contributed by atoms with Crippen molar-refractivity contribution >= 4 is 0 Å². The first kappa shape index (κ1) is 15.0. The quantitative estimate of drug-likeness (QED) is 0.579. The van der Waals surface area contributed by atoms with Gasteiger partial charge in [0.1, 0.15) is 0 Å². The molecule has 0 aromatic rings. The molecule has 1 heteroatoms. The third kappa shape index (κ3) is 3.48. The first-order valence-electron chi connectivity index (χ1n) is 6.94. The van der Waals surface area contributed by atoms with Crippen LogP contribution in [0.25, 0.3) is 0 Å². The first-order valence-corrected chi connectivity index (χ1v) is 6.94. The minimum atomic E-state index is 0.673. The van der Waals surface area contributed by atoms with E-state index in [9.17, 15) is 0 Å². The van der Waals surface area contributed by atoms with Crippen LogP contribution in [0.3, 0.4) is 0 Å². The minimum absolute atomic E-state index is 0.673. The highest BCUT2D eigenvalue weighted by molar-refractivity contribution is 4.99. The second-order valence-electron chi connectivity index (χ2n) is 4.60. The van der Waals surface area contributed by atoms with E-state index in [1.807, 2.05) is 27.7 Å². The van der Waals surface area contributed by atoms with Crippen LogP contribution in [0.2, 0.25) is 0 Å². The molecule has 1 saturated carbocycles. The number of nitrogens with zero attached hydrogens (tertiary/aromatic N) is 1. The zero-order valence-electron chi connectivity index (χ0n) is 11.8. The van der Waals surface area contributed by atoms with Crippen LogP contribution in [-0.2, 0) is 0 Å². The van der Waals surface area contributed by atoms with Gasteiger partial charge >= 0.3 is 0 Å². The fourth-order valence-corrected chi connectivity index (χ4v) is 2.67. The van der Waals surface area contributed by atoms with E-state index in [1.165, 1.54) is 38.6 Å². The second-order valence-corrected chi connectivity index (χ2v) is 4.60. The standard InChI is InChI=1S/C10H19N.2C2H6/c1-9-4-7-10(5-3-6-10)11(2)8-9;2*1-2/h9H,3-8H2,1-2H3;2*1-2H3. The topological polar surface area (TPSA) is 3.24 Å². The Bertz CT molecular complexity index is 149. The van der Waals surface area contributed by atoms with Crippen molar-refractivity contribution in [2.75, 3.05) is 13.6 Å². The molecule has 1 atom stereocenters. The van der Waals surface area contributed by atoms with E-state index in [-0.39, 0.29) is 0 Å². The Balaban J connectivity index is 0.000000442. The van der Waals surface area contributed by atoms with Crippen molar-refractivity contribution in [3.8, 4) is 0 Å². The molecule has 1 aliphatic heterocycles. The molecule has 0 N–H and O–H groups in total. The Morgan fingerprint density at radius 1 is 1.00 bits per heavy atom. The minimum Gasteiger partial charge on any atom is -0.300 e. The summed E-state index contributed by atoms with van der Waals surface area (Å²) in [6.45, 7) is 11.7. The molecular weight excluding hydrogens is 182 g/mol. The Labute approximate surface area is 97.2 Å². The van der Waals surface area contributed by atoms with Gasteiger partial charge < -0.3 is 4.90 Å². The van der Waals surface area contributed by atoms with Crippen LogP contribution in [0.5, 0.6) is 0 Å². The molecule has 0 radical (unpaired) electrons. The van der Waals surface area contributed by atoms with Gasteiger partial charge in [-0.05, 0) is 45.1 Å². The van der Waals surface area contributed by atoms with Gasteiger partial charge in [0.05, 0.1) is 0 Å². The van der Waals surface area contributed by atoms with Gasteiger partial charge in [-0.15, -0.1) is 0 Å². The van der Waals surface area contributed by atoms with Crippen LogP contribution in [0.4, 0.5) is 0 Å². The number of hydrogen-bond acceptors (Lipinski definition) is 1. The average Bonchev–Trinajstić information content (AvgIpc) is 2.22. The SMILES string of the molecule is CC.CC.CC1CCC2(CCC2)N(C)C1. The molecular formula is C14H31N. The van der Waals surface area contributed by atoms with Crippen molar-refractivity contribution in [2.45, 2.75) is 72.3 Å². The lowest BCUT2D eigenvalue weighted by Gasteiger charge is -2.53. The highest BCUT2D eigenvalue weighted by Gasteiger charge is 2.42. The fraction of sp³-hybridized carbons (Fsp3) is 1.00. The van der Waals surface area contributed by atoms with E-state index in [0.29, 0.717) is 5.54 Å². The van der Waals surface area contributed by atoms with Crippen molar-refractivity contribution in [2.24, 2.45) is 5.92 Å². The molecule has 15 heavy (non-hydrogen) atoms. The second kappa shape index (κ2) is 7.27. The van der Waals surface area contributed by atoms with E-state index in [4.69, 9.17) is 0 Å². The third-order valence-corrected chi connectivity index (χ3v) is 3.78. The van der Waals surface area contributed by atoms with Gasteiger partial charge in [-0.1, -0.05) is 34.6 Å². The molecule has 1 aliphatic carbocycles. The Morgan fingerprint density at radius 3 is 1.87 bits per heavy atom. The van der Waals surface area contributed by atoms with Crippen molar-refractivity contribution in [1.29, 1.82) is 0 Å². The maximum Gasteiger partial charge on any atom is 0.0206 e. The first-order chi connectivity index (χ1) is 7.23. The number of piperidine rings is 1. The molecule has 2 fully saturated rings. The smallest absolute Gasteiger partial charge is 0.0206 e. The summed E-state index contributed by atoms with van der Waals surface area (Å²) in [7, 11) is 2.31. The van der Waals surface area contributed by atoms with Crippen LogP contribution in [-0.4, -0.2) is 24.0 Å². The lowest BCUT2D eigenvalue weighted by Crippen LogP contribution is -2.55. The van der Waals surface area contributed by atoms with E-state index in [2.05, 4.69) is 18.9 Å². The maximum atomic E-state index is 2.62. The largest absolute Gasteiger partial charge is 0.300 e. The number of likely N-dealkylation sites (tertiary alicyclic amines) is 1. The monoisotopic (exact) mass is 213 g/mol. The molecule has 0 bridgehead atoms. The molecule has 1 saturated heterocycles. The van der Waals surface area contributed by atoms with Gasteiger partial charge in [0.25, 0.3) is 0 Å². The summed E-state index contributed by atoms with van der Waals surface area (Å²) in [5.74, 6) is 0.936. The summed E-state index contributed by atoms with van der Waals surface area (Å²) < 4.78 is 0. The van der Waals surface area contributed by atoms with Gasteiger partial charge in [0, 0.05) is 12.1 Å². The lowest BCUT2D eigenvalue weighted by molar-refractivity contribution is -0.0141. The van der Waals surface area contributed by atoms with Crippen LogP contribution in [0, 0.1) is 5.92 Å². The number of rotatable bonds is 0. The Morgan fingerprint density at radius 2 is 1.53 bits per heavy atom. The van der Waals surface area contributed by atoms with Gasteiger partial charge in [0.15, 0.2) is 0 Å². The molecule has 1 nitrogen and oxygen atoms in total. The molecule has 1 unspecified atom stereocenters.